The van der Waals surface area contributed by atoms with Crippen LogP contribution in [0.1, 0.15) is 72.0 Å². The number of nitrogens with zero attached hydrogens (tertiary/aromatic N) is 1. The molecule has 1 atom stereocenters. The largest absolute Gasteiger partial charge is 0.482 e. The Kier molecular flexibility index (Phi) is 7.63. The van der Waals surface area contributed by atoms with Crippen molar-refractivity contribution in [3.63, 3.8) is 0 Å². The van der Waals surface area contributed by atoms with Crippen LogP contribution in [0.3, 0.4) is 0 Å². The van der Waals surface area contributed by atoms with Crippen LogP contribution in [0.15, 0.2) is 66.7 Å². The molecular weight excluding hydrogens is 476 g/mol. The number of rotatable bonds is 8. The Bertz CT molecular complexity index is 1480. The minimum absolute atomic E-state index is 0.0871. The second-order valence-corrected chi connectivity index (χ2v) is 10.9. The van der Waals surface area contributed by atoms with Crippen molar-refractivity contribution in [1.82, 2.24) is 9.88 Å². The molecule has 0 radical (unpaired) electrons. The summed E-state index contributed by atoms with van der Waals surface area (Å²) in [6.45, 7) is 12.9. The predicted octanol–water partition coefficient (Wildman–Crippen LogP) is 6.56. The average Bonchev–Trinajstić information content (AvgIpc) is 3.11. The molecule has 1 aromatic heterocycles. The van der Waals surface area contributed by atoms with Crippen molar-refractivity contribution in [1.29, 1.82) is 0 Å². The van der Waals surface area contributed by atoms with E-state index in [9.17, 15) is 9.59 Å². The van der Waals surface area contributed by atoms with Gasteiger partial charge < -0.3 is 19.7 Å². The second kappa shape index (κ2) is 10.7. The molecule has 0 aliphatic heterocycles. The first-order chi connectivity index (χ1) is 17.9. The topological polar surface area (TPSA) is 80.6 Å². The molecule has 0 fully saturated rings. The minimum Gasteiger partial charge on any atom is -0.482 e. The van der Waals surface area contributed by atoms with Crippen LogP contribution in [0.5, 0.6) is 5.75 Å². The molecule has 3 aromatic carbocycles. The number of nitrogens with one attached hydrogen (secondary N) is 1. The summed E-state index contributed by atoms with van der Waals surface area (Å²) in [6, 6.07) is 21.6. The van der Waals surface area contributed by atoms with E-state index in [2.05, 4.69) is 68.8 Å². The maximum atomic E-state index is 13.2. The van der Waals surface area contributed by atoms with E-state index in [4.69, 9.17) is 9.84 Å². The van der Waals surface area contributed by atoms with Crippen molar-refractivity contribution in [3.05, 3.63) is 100 Å². The summed E-state index contributed by atoms with van der Waals surface area (Å²) >= 11 is 0. The molecule has 0 spiro atoms. The van der Waals surface area contributed by atoms with Crippen LogP contribution in [0.2, 0.25) is 0 Å². The average molecular weight is 513 g/mol. The third-order valence-electron chi connectivity index (χ3n) is 7.13. The Labute approximate surface area is 224 Å². The first kappa shape index (κ1) is 27.0. The second-order valence-electron chi connectivity index (χ2n) is 10.9. The molecule has 0 bridgehead atoms. The van der Waals surface area contributed by atoms with E-state index >= 15 is 0 Å². The van der Waals surface area contributed by atoms with Crippen LogP contribution >= 0.6 is 0 Å². The molecule has 0 aliphatic carbocycles. The summed E-state index contributed by atoms with van der Waals surface area (Å²) in [4.78, 5) is 24.0. The quantitative estimate of drug-likeness (QED) is 0.280. The highest BCUT2D eigenvalue weighted by Gasteiger charge is 2.18. The van der Waals surface area contributed by atoms with Gasteiger partial charge in [0, 0.05) is 28.7 Å². The van der Waals surface area contributed by atoms with Crippen molar-refractivity contribution in [2.75, 3.05) is 6.61 Å². The zero-order valence-electron chi connectivity index (χ0n) is 23.0. The Morgan fingerprint density at radius 1 is 1.00 bits per heavy atom. The first-order valence-corrected chi connectivity index (χ1v) is 12.9. The molecule has 2 N–H and O–H groups in total. The molecular formula is C32H36N2O4. The number of benzene rings is 3. The molecule has 6 heteroatoms. The normalized spacial score (nSPS) is 12.4. The number of carbonyl (C=O) groups excluding carboxylic acids is 1. The number of aromatic nitrogens is 1. The Hall–Kier alpha value is -4.06. The van der Waals surface area contributed by atoms with Gasteiger partial charge >= 0.3 is 5.97 Å². The summed E-state index contributed by atoms with van der Waals surface area (Å²) in [5.74, 6) is -0.588. The number of ether oxygens (including phenoxy) is 1. The van der Waals surface area contributed by atoms with E-state index < -0.39 is 5.97 Å². The molecule has 0 aliphatic rings. The van der Waals surface area contributed by atoms with Crippen LogP contribution in [0.25, 0.3) is 10.9 Å². The number of hydrogen-bond acceptors (Lipinski definition) is 3. The lowest BCUT2D eigenvalue weighted by atomic mass is 9.86. The fourth-order valence-electron chi connectivity index (χ4n) is 4.69. The molecule has 0 saturated heterocycles. The van der Waals surface area contributed by atoms with Gasteiger partial charge in [0.1, 0.15) is 5.75 Å². The van der Waals surface area contributed by atoms with Gasteiger partial charge in [-0.15, -0.1) is 0 Å². The molecule has 1 amide bonds. The van der Waals surface area contributed by atoms with Crippen LogP contribution in [-0.4, -0.2) is 28.2 Å². The summed E-state index contributed by atoms with van der Waals surface area (Å²) in [5.41, 5.74) is 7.32. The summed E-state index contributed by atoms with van der Waals surface area (Å²) in [5, 5.41) is 13.1. The van der Waals surface area contributed by atoms with E-state index in [1.807, 2.05) is 43.3 Å². The number of carboxylic acid groups (broad SMARTS) is 1. The monoisotopic (exact) mass is 512 g/mol. The number of aryl methyl sites for hydroxylation is 1. The molecule has 1 heterocycles. The zero-order chi connectivity index (χ0) is 27.6. The summed E-state index contributed by atoms with van der Waals surface area (Å²) in [6.07, 6.45) is 0. The summed E-state index contributed by atoms with van der Waals surface area (Å²) < 4.78 is 7.55. The van der Waals surface area contributed by atoms with Gasteiger partial charge in [-0.2, -0.15) is 0 Å². The van der Waals surface area contributed by atoms with Gasteiger partial charge in [0.05, 0.1) is 6.04 Å². The highest BCUT2D eigenvalue weighted by molar-refractivity contribution is 5.99. The highest BCUT2D eigenvalue weighted by Crippen LogP contribution is 2.29. The fraction of sp³-hybridized carbons (Fsp3) is 0.312. The van der Waals surface area contributed by atoms with Gasteiger partial charge in [-0.3, -0.25) is 4.79 Å². The highest BCUT2D eigenvalue weighted by atomic mass is 16.5. The maximum absolute atomic E-state index is 13.2. The summed E-state index contributed by atoms with van der Waals surface area (Å²) in [7, 11) is 0. The van der Waals surface area contributed by atoms with Gasteiger partial charge in [0.2, 0.25) is 0 Å². The van der Waals surface area contributed by atoms with Crippen molar-refractivity contribution >= 4 is 22.8 Å². The SMILES string of the molecule is Cc1c(C)n(Cc2cccc(OCC(=O)O)c2)c2ccc(C(=O)NC(C)c3ccc(C(C)(C)C)cc3)cc12. The number of carboxylic acids is 1. The van der Waals surface area contributed by atoms with Gasteiger partial charge in [0.15, 0.2) is 6.61 Å². The van der Waals surface area contributed by atoms with Crippen molar-refractivity contribution in [2.24, 2.45) is 0 Å². The van der Waals surface area contributed by atoms with E-state index in [1.54, 1.807) is 6.07 Å². The van der Waals surface area contributed by atoms with Crippen LogP contribution in [0.4, 0.5) is 0 Å². The van der Waals surface area contributed by atoms with Gasteiger partial charge in [0.25, 0.3) is 5.91 Å². The maximum Gasteiger partial charge on any atom is 0.341 e. The van der Waals surface area contributed by atoms with E-state index in [0.717, 1.165) is 33.3 Å². The van der Waals surface area contributed by atoms with Crippen LogP contribution in [0, 0.1) is 13.8 Å². The van der Waals surface area contributed by atoms with Gasteiger partial charge in [-0.05, 0) is 78.8 Å². The molecule has 4 aromatic rings. The third kappa shape index (κ3) is 5.91. The molecule has 198 valence electrons. The number of amides is 1. The lowest BCUT2D eigenvalue weighted by Crippen LogP contribution is -2.26. The Balaban J connectivity index is 1.53. The van der Waals surface area contributed by atoms with E-state index in [-0.39, 0.29) is 24.0 Å². The third-order valence-corrected chi connectivity index (χ3v) is 7.13. The number of aliphatic carboxylic acids is 1. The number of carbonyl (C=O) groups is 2. The molecule has 38 heavy (non-hydrogen) atoms. The van der Waals surface area contributed by atoms with E-state index in [1.165, 1.54) is 5.56 Å². The Morgan fingerprint density at radius 2 is 1.71 bits per heavy atom. The standard InChI is InChI=1S/C32H36N2O4/c1-20-22(3)34(18-23-8-7-9-27(16-23)38-19-30(35)36)29-15-12-25(17-28(20)29)31(37)33-21(2)24-10-13-26(14-11-24)32(4,5)6/h7-17,21H,18-19H2,1-6H3,(H,33,37)(H,35,36). The first-order valence-electron chi connectivity index (χ1n) is 12.9. The Morgan fingerprint density at radius 3 is 2.37 bits per heavy atom. The zero-order valence-corrected chi connectivity index (χ0v) is 23.0. The number of fused-ring (bicyclic) bond motifs is 1. The lowest BCUT2D eigenvalue weighted by molar-refractivity contribution is -0.139. The predicted molar refractivity (Wildman–Crippen MR) is 151 cm³/mol. The van der Waals surface area contributed by atoms with Crippen molar-refractivity contribution in [2.45, 2.75) is 59.5 Å². The van der Waals surface area contributed by atoms with Crippen LogP contribution in [-0.2, 0) is 16.8 Å². The van der Waals surface area contributed by atoms with Gasteiger partial charge in [-0.25, -0.2) is 4.79 Å². The fourth-order valence-corrected chi connectivity index (χ4v) is 4.69. The molecule has 6 nitrogen and oxygen atoms in total. The van der Waals surface area contributed by atoms with Gasteiger partial charge in [-0.1, -0.05) is 57.2 Å². The minimum atomic E-state index is -1.01. The van der Waals surface area contributed by atoms with Crippen molar-refractivity contribution < 1.29 is 19.4 Å². The number of hydrogen-bond donors (Lipinski definition) is 2. The van der Waals surface area contributed by atoms with Crippen molar-refractivity contribution in [3.8, 4) is 5.75 Å². The molecule has 0 saturated carbocycles. The van der Waals surface area contributed by atoms with E-state index in [0.29, 0.717) is 17.9 Å². The lowest BCUT2D eigenvalue weighted by Gasteiger charge is -2.20. The van der Waals surface area contributed by atoms with Crippen LogP contribution < -0.4 is 10.1 Å². The molecule has 4 rings (SSSR count). The smallest absolute Gasteiger partial charge is 0.341 e. The molecule has 1 unspecified atom stereocenters.